The number of hydrazine groups is 2. The number of carbonyl (C=O) groups is 2. The quantitative estimate of drug-likeness (QED) is 0.107. The van der Waals surface area contributed by atoms with E-state index in [9.17, 15) is 47.1 Å². The number of rotatable bonds is 10. The van der Waals surface area contributed by atoms with Gasteiger partial charge in [-0.05, 0) is 30.7 Å². The number of nitrogens with zero attached hydrogens (tertiary/aromatic N) is 2. The first-order valence-electron chi connectivity index (χ1n) is 9.38. The van der Waals surface area contributed by atoms with Crippen molar-refractivity contribution in [2.45, 2.75) is 30.5 Å². The number of alkyl halides is 3. The summed E-state index contributed by atoms with van der Waals surface area (Å²) in [4.78, 5) is 36.1. The summed E-state index contributed by atoms with van der Waals surface area (Å²) in [5.41, 5.74) is -1.33. The third-order valence-electron chi connectivity index (χ3n) is 4.44. The Balaban J connectivity index is 2.23. The molecule has 1 heterocycles. The minimum Gasteiger partial charge on any atom is -0.481 e. The molecule has 0 unspecified atom stereocenters. The van der Waals surface area contributed by atoms with Gasteiger partial charge in [0, 0.05) is 11.2 Å². The molecule has 0 saturated heterocycles. The Morgan fingerprint density at radius 2 is 1.83 bits per heavy atom. The summed E-state index contributed by atoms with van der Waals surface area (Å²) in [6.45, 7) is -0.673. The molecule has 36 heavy (non-hydrogen) atoms. The minimum absolute atomic E-state index is 0.0629. The number of nitrogens with one attached hydrogen (secondary N) is 1. The average Bonchev–Trinajstić information content (AvgIpc) is 2.71. The summed E-state index contributed by atoms with van der Waals surface area (Å²) in [5, 5.41) is 9.30. The summed E-state index contributed by atoms with van der Waals surface area (Å²) in [6.07, 6.45) is -8.46. The number of ether oxygens (including phenoxy) is 2. The summed E-state index contributed by atoms with van der Waals surface area (Å²) in [6, 6.07) is -0.212. The first-order valence-corrected chi connectivity index (χ1v) is 11.3. The van der Waals surface area contributed by atoms with Crippen LogP contribution in [0.2, 0.25) is 0 Å². The average molecular weight is 560 g/mol. The van der Waals surface area contributed by atoms with E-state index in [1.54, 1.807) is 5.59 Å². The molecule has 0 saturated carbocycles. The van der Waals surface area contributed by atoms with E-state index in [-0.39, 0.29) is 29.7 Å². The Hall–Kier alpha value is -3.35. The maximum absolute atomic E-state index is 13.5. The summed E-state index contributed by atoms with van der Waals surface area (Å²) < 4.78 is 116. The second kappa shape index (κ2) is 8.95. The van der Waals surface area contributed by atoms with Crippen molar-refractivity contribution in [2.75, 3.05) is 20.4 Å². The third kappa shape index (κ3) is 7.33. The van der Waals surface area contributed by atoms with Gasteiger partial charge in [0.05, 0.1) is 30.5 Å². The van der Waals surface area contributed by atoms with Gasteiger partial charge in [-0.15, -0.1) is 5.01 Å². The topological polar surface area (TPSA) is 117 Å². The molecule has 0 aliphatic carbocycles. The monoisotopic (exact) mass is 560 g/mol. The molecule has 0 bridgehead atoms. The lowest BCUT2D eigenvalue weighted by atomic mass is 9.99. The number of carboxylic acids is 1. The Bertz CT molecular complexity index is 1110. The summed E-state index contributed by atoms with van der Waals surface area (Å²) >= 11 is 0. The van der Waals surface area contributed by atoms with Crippen molar-refractivity contribution in [3.63, 3.8) is 0 Å². The van der Waals surface area contributed by atoms with Gasteiger partial charge < -0.3 is 14.6 Å². The van der Waals surface area contributed by atoms with Gasteiger partial charge in [0.1, 0.15) is 10.6 Å². The molecule has 1 aliphatic rings. The van der Waals surface area contributed by atoms with Gasteiger partial charge in [0.15, 0.2) is 0 Å². The predicted molar refractivity (Wildman–Crippen MR) is 105 cm³/mol. The first kappa shape index (κ1) is 28.9. The highest BCUT2D eigenvalue weighted by atomic mass is 32.5. The van der Waals surface area contributed by atoms with Crippen LogP contribution >= 0.6 is 10.2 Å². The molecule has 1 aromatic rings. The second-order valence-electron chi connectivity index (χ2n) is 7.35. The Morgan fingerprint density at radius 3 is 2.36 bits per heavy atom. The maximum atomic E-state index is 13.5. The number of aryl methyl sites for hydroxylation is 1. The number of benzene rings is 1. The predicted octanol–water partition coefficient (Wildman–Crippen LogP) is 4.40. The molecule has 204 valence electrons. The standard InChI is InChI=1S/C17H17F8N3O7S/c1-9-5-11(36(21,22,23,24)25)6-10-7-12(15(17(18,19)20)35-14(9)10)16(31)33-8-34-26-28(32)27(2)4-3-13(29)30/h5-7,15H,3-4,8H2,1-2H3,(H-,26,29,30,32)/p+1/t15-/m0/s1. The van der Waals surface area contributed by atoms with Crippen molar-refractivity contribution in [3.05, 3.63) is 33.7 Å². The van der Waals surface area contributed by atoms with Gasteiger partial charge in [0.2, 0.25) is 12.9 Å². The van der Waals surface area contributed by atoms with E-state index in [1.807, 2.05) is 0 Å². The second-order valence-corrected chi connectivity index (χ2v) is 9.76. The van der Waals surface area contributed by atoms with E-state index in [2.05, 4.69) is 14.3 Å². The number of fused-ring (bicyclic) bond motifs is 1. The molecular formula is C17H18F8N3O7S+. The van der Waals surface area contributed by atoms with Crippen LogP contribution < -0.4 is 10.3 Å². The van der Waals surface area contributed by atoms with Crippen LogP contribution in [0, 0.1) is 11.8 Å². The van der Waals surface area contributed by atoms with Crippen molar-refractivity contribution >= 4 is 28.2 Å². The van der Waals surface area contributed by atoms with E-state index in [0.717, 1.165) is 19.0 Å². The normalized spacial score (nSPS) is 17.5. The summed E-state index contributed by atoms with van der Waals surface area (Å²) in [7, 11) is -9.09. The van der Waals surface area contributed by atoms with Crippen molar-refractivity contribution < 1.29 is 66.6 Å². The number of aliphatic carboxylic acids is 1. The molecule has 1 atom stereocenters. The zero-order valence-corrected chi connectivity index (χ0v) is 19.0. The lowest BCUT2D eigenvalue weighted by Crippen LogP contribution is -2.42. The minimum atomic E-state index is -10.2. The van der Waals surface area contributed by atoms with Gasteiger partial charge in [-0.3, -0.25) is 4.79 Å². The van der Waals surface area contributed by atoms with Crippen LogP contribution in [-0.2, 0) is 19.2 Å². The fourth-order valence-electron chi connectivity index (χ4n) is 2.76. The van der Waals surface area contributed by atoms with Gasteiger partial charge >= 0.3 is 28.3 Å². The Kier molecular flexibility index (Phi) is 7.18. The van der Waals surface area contributed by atoms with Crippen LogP contribution in [0.25, 0.3) is 6.08 Å². The van der Waals surface area contributed by atoms with E-state index in [0.29, 0.717) is 0 Å². The molecule has 2 rings (SSSR count). The lowest BCUT2D eigenvalue weighted by Gasteiger charge is -2.41. The van der Waals surface area contributed by atoms with Crippen molar-refractivity contribution in [1.29, 1.82) is 0 Å². The third-order valence-corrected chi connectivity index (χ3v) is 5.56. The Morgan fingerprint density at radius 1 is 1.22 bits per heavy atom. The zero-order valence-electron chi connectivity index (χ0n) is 18.2. The van der Waals surface area contributed by atoms with Crippen LogP contribution in [0.1, 0.15) is 17.5 Å². The highest BCUT2D eigenvalue weighted by Gasteiger charge is 2.65. The summed E-state index contributed by atoms with van der Waals surface area (Å²) in [5.74, 6) is -3.84. The number of carbonyl (C=O) groups excluding carboxylic acids is 1. The molecule has 1 aromatic carbocycles. The molecule has 0 spiro atoms. The molecule has 0 fully saturated rings. The molecule has 1 aliphatic heterocycles. The van der Waals surface area contributed by atoms with E-state index >= 15 is 0 Å². The number of halogens is 8. The van der Waals surface area contributed by atoms with Crippen LogP contribution in [0.4, 0.5) is 32.6 Å². The van der Waals surface area contributed by atoms with E-state index in [4.69, 9.17) is 5.11 Å². The molecule has 0 radical (unpaired) electrons. The molecule has 10 nitrogen and oxygen atoms in total. The van der Waals surface area contributed by atoms with Crippen molar-refractivity contribution in [1.82, 2.24) is 10.6 Å². The molecule has 0 aromatic heterocycles. The SMILES string of the molecule is Cc1cc(S(F)(F)(F)(F)F)cc2c1O[C@H](C(F)(F)F)C(C(=O)OCON[N+](=O)N(C)CCC(=O)O)=C2. The number of esters is 1. The molecule has 0 amide bonds. The van der Waals surface area contributed by atoms with Crippen LogP contribution in [0.3, 0.4) is 0 Å². The number of carboxylic acid groups (broad SMARTS) is 1. The van der Waals surface area contributed by atoms with Crippen molar-refractivity contribution in [2.24, 2.45) is 0 Å². The lowest BCUT2D eigenvalue weighted by molar-refractivity contribution is -0.785. The number of nitroso groups, excluding NO2 is 1. The van der Waals surface area contributed by atoms with Gasteiger partial charge in [-0.25, -0.2) is 4.79 Å². The van der Waals surface area contributed by atoms with Crippen molar-refractivity contribution in [3.8, 4) is 5.75 Å². The first-order chi connectivity index (χ1) is 16.1. The highest BCUT2D eigenvalue weighted by Crippen LogP contribution is 3.02. The molecule has 19 heteroatoms. The molecule has 2 N–H and O–H groups in total. The van der Waals surface area contributed by atoms with Gasteiger partial charge in [-0.1, -0.05) is 19.4 Å². The fraction of sp³-hybridized carbons (Fsp3) is 0.412. The van der Waals surface area contributed by atoms with E-state index < -0.39 is 75.0 Å². The van der Waals surface area contributed by atoms with Crippen LogP contribution in [0.5, 0.6) is 5.75 Å². The van der Waals surface area contributed by atoms with Gasteiger partial charge in [0.25, 0.3) is 4.98 Å². The number of hydrogen-bond acceptors (Lipinski definition) is 6. The smallest absolute Gasteiger partial charge is 0.430 e. The highest BCUT2D eigenvalue weighted by molar-refractivity contribution is 8.45. The largest absolute Gasteiger partial charge is 0.481 e. The van der Waals surface area contributed by atoms with E-state index in [1.165, 1.54) is 0 Å². The number of hydrogen-bond donors (Lipinski definition) is 2. The van der Waals surface area contributed by atoms with Crippen LogP contribution in [0.15, 0.2) is 22.6 Å². The van der Waals surface area contributed by atoms with Gasteiger partial charge in [-0.2, -0.15) is 18.0 Å². The fourth-order valence-corrected chi connectivity index (χ4v) is 3.51. The Labute approximate surface area is 196 Å². The van der Waals surface area contributed by atoms with Crippen LogP contribution in [-0.4, -0.2) is 59.7 Å². The molecular weight excluding hydrogens is 542 g/mol. The zero-order chi connectivity index (χ0) is 27.8. The maximum Gasteiger partial charge on any atom is 0.430 e.